The fourth-order valence-corrected chi connectivity index (χ4v) is 2.96. The predicted octanol–water partition coefficient (Wildman–Crippen LogP) is 2.74. The summed E-state index contributed by atoms with van der Waals surface area (Å²) in [6.45, 7) is 1.95. The number of hydrogen-bond donors (Lipinski definition) is 2. The molecule has 1 aromatic carbocycles. The van der Waals surface area contributed by atoms with Gasteiger partial charge >= 0.3 is 0 Å². The number of benzene rings is 1. The molecule has 5 nitrogen and oxygen atoms in total. The molecule has 108 valence electrons. The van der Waals surface area contributed by atoms with Crippen LogP contribution in [-0.4, -0.2) is 23.2 Å². The average Bonchev–Trinajstić information content (AvgIpc) is 3.32. The Labute approximate surface area is 122 Å². The van der Waals surface area contributed by atoms with Gasteiger partial charge in [-0.15, -0.1) is 0 Å². The number of anilines is 1. The lowest BCUT2D eigenvalue weighted by atomic mass is 10.1. The molecule has 2 N–H and O–H groups in total. The van der Waals surface area contributed by atoms with Crippen molar-refractivity contribution in [2.45, 2.75) is 19.8 Å². The second-order valence-corrected chi connectivity index (χ2v) is 6.02. The molecule has 2 aromatic rings. The van der Waals surface area contributed by atoms with Crippen LogP contribution >= 0.6 is 0 Å². The number of ether oxygens (including phenoxy) is 1. The van der Waals surface area contributed by atoms with Gasteiger partial charge in [-0.05, 0) is 43.4 Å². The molecule has 2 aliphatic rings. The first-order valence-electron chi connectivity index (χ1n) is 7.15. The molecule has 1 aromatic heterocycles. The van der Waals surface area contributed by atoms with Crippen molar-refractivity contribution in [1.82, 2.24) is 10.2 Å². The largest absolute Gasteiger partial charge is 0.497 e. The van der Waals surface area contributed by atoms with Gasteiger partial charge in [-0.1, -0.05) is 12.1 Å². The van der Waals surface area contributed by atoms with Crippen LogP contribution in [0.2, 0.25) is 0 Å². The van der Waals surface area contributed by atoms with Crippen molar-refractivity contribution in [3.63, 3.8) is 0 Å². The molecule has 0 saturated heterocycles. The van der Waals surface area contributed by atoms with Gasteiger partial charge < -0.3 is 10.1 Å². The number of aryl methyl sites for hydroxylation is 1. The van der Waals surface area contributed by atoms with Crippen LogP contribution in [0.3, 0.4) is 0 Å². The van der Waals surface area contributed by atoms with Gasteiger partial charge in [0, 0.05) is 11.3 Å². The highest BCUT2D eigenvalue weighted by Crippen LogP contribution is 2.75. The van der Waals surface area contributed by atoms with Crippen LogP contribution in [-0.2, 0) is 4.79 Å². The van der Waals surface area contributed by atoms with E-state index in [2.05, 4.69) is 15.5 Å². The van der Waals surface area contributed by atoms with E-state index >= 15 is 0 Å². The molecule has 0 spiro atoms. The summed E-state index contributed by atoms with van der Waals surface area (Å²) in [7, 11) is 1.64. The number of methoxy groups -OCH3 is 1. The SMILES string of the molecule is COc1cccc(-c2c(NC(=O)C34CC3C4)n[nH]c2C)c1. The average molecular weight is 283 g/mol. The molecule has 1 amide bonds. The summed E-state index contributed by atoms with van der Waals surface area (Å²) in [5, 5.41) is 10.2. The summed E-state index contributed by atoms with van der Waals surface area (Å²) < 4.78 is 5.27. The highest BCUT2D eigenvalue weighted by atomic mass is 16.5. The van der Waals surface area contributed by atoms with Crippen molar-refractivity contribution in [2.75, 3.05) is 12.4 Å². The Bertz CT molecular complexity index is 729. The third kappa shape index (κ3) is 1.84. The van der Waals surface area contributed by atoms with Crippen LogP contribution in [0.25, 0.3) is 11.1 Å². The van der Waals surface area contributed by atoms with E-state index in [1.807, 2.05) is 31.2 Å². The summed E-state index contributed by atoms with van der Waals surface area (Å²) in [6.07, 6.45) is 2.08. The van der Waals surface area contributed by atoms with E-state index in [1.54, 1.807) is 7.11 Å². The van der Waals surface area contributed by atoms with Crippen LogP contribution in [0.5, 0.6) is 5.75 Å². The standard InChI is InChI=1S/C16H17N3O2/c1-9-13(10-4-3-5-12(6-10)21-2)14(19-18-9)17-15(20)16-7-11(16)8-16/h3-6,11H,7-8H2,1-2H3,(H2,17,18,19,20). The Kier molecular flexibility index (Phi) is 2.43. The zero-order chi connectivity index (χ0) is 14.6. The fraction of sp³-hybridized carbons (Fsp3) is 0.375. The minimum atomic E-state index is -0.0570. The Morgan fingerprint density at radius 2 is 2.24 bits per heavy atom. The van der Waals surface area contributed by atoms with E-state index in [0.29, 0.717) is 11.7 Å². The van der Waals surface area contributed by atoms with Gasteiger partial charge in [0.05, 0.1) is 12.5 Å². The molecular weight excluding hydrogens is 266 g/mol. The molecule has 0 radical (unpaired) electrons. The summed E-state index contributed by atoms with van der Waals surface area (Å²) >= 11 is 0. The van der Waals surface area contributed by atoms with Crippen LogP contribution < -0.4 is 10.1 Å². The first-order valence-corrected chi connectivity index (χ1v) is 7.15. The van der Waals surface area contributed by atoms with E-state index in [1.165, 1.54) is 0 Å². The first kappa shape index (κ1) is 12.4. The number of aromatic amines is 1. The molecule has 0 unspecified atom stereocenters. The van der Waals surface area contributed by atoms with Gasteiger partial charge in [0.25, 0.3) is 0 Å². The van der Waals surface area contributed by atoms with Crippen LogP contribution in [0, 0.1) is 18.3 Å². The van der Waals surface area contributed by atoms with Gasteiger partial charge in [-0.3, -0.25) is 9.89 Å². The Balaban J connectivity index is 1.67. The number of aromatic nitrogens is 2. The van der Waals surface area contributed by atoms with E-state index in [0.717, 1.165) is 35.4 Å². The summed E-state index contributed by atoms with van der Waals surface area (Å²) in [5.74, 6) is 2.13. The lowest BCUT2D eigenvalue weighted by Crippen LogP contribution is -2.18. The number of H-pyrrole nitrogens is 1. The molecule has 2 aliphatic carbocycles. The summed E-state index contributed by atoms with van der Waals surface area (Å²) in [5.41, 5.74) is 2.78. The number of fused-ring (bicyclic) bond motifs is 1. The van der Waals surface area contributed by atoms with Crippen molar-refractivity contribution in [3.05, 3.63) is 30.0 Å². The van der Waals surface area contributed by atoms with Gasteiger partial charge in [0.15, 0.2) is 5.82 Å². The number of amides is 1. The maximum Gasteiger partial charge on any atom is 0.232 e. The molecule has 0 aliphatic heterocycles. The van der Waals surface area contributed by atoms with Gasteiger partial charge in [0.1, 0.15) is 5.75 Å². The predicted molar refractivity (Wildman–Crippen MR) is 79.1 cm³/mol. The molecule has 21 heavy (non-hydrogen) atoms. The molecule has 5 heteroatoms. The Hall–Kier alpha value is -2.30. The van der Waals surface area contributed by atoms with Crippen molar-refractivity contribution in [3.8, 4) is 16.9 Å². The quantitative estimate of drug-likeness (QED) is 0.906. The number of carbonyl (C=O) groups excluding carboxylic acids is 1. The van der Waals surface area contributed by atoms with Gasteiger partial charge in [0.2, 0.25) is 5.91 Å². The fourth-order valence-electron chi connectivity index (χ4n) is 2.96. The molecule has 0 atom stereocenters. The summed E-state index contributed by atoms with van der Waals surface area (Å²) in [4.78, 5) is 12.3. The van der Waals surface area contributed by atoms with Crippen molar-refractivity contribution in [2.24, 2.45) is 11.3 Å². The minimum absolute atomic E-state index is 0.0570. The van der Waals surface area contributed by atoms with Crippen molar-refractivity contribution in [1.29, 1.82) is 0 Å². The van der Waals surface area contributed by atoms with E-state index in [9.17, 15) is 4.79 Å². The number of hydrogen-bond acceptors (Lipinski definition) is 3. The van der Waals surface area contributed by atoms with Crippen LogP contribution in [0.4, 0.5) is 5.82 Å². The second kappa shape index (κ2) is 4.10. The zero-order valence-corrected chi connectivity index (χ0v) is 12.1. The van der Waals surface area contributed by atoms with E-state index < -0.39 is 0 Å². The maximum absolute atomic E-state index is 12.3. The number of nitrogens with zero attached hydrogens (tertiary/aromatic N) is 1. The second-order valence-electron chi connectivity index (χ2n) is 6.02. The first-order chi connectivity index (χ1) is 10.1. The Morgan fingerprint density at radius 3 is 2.90 bits per heavy atom. The Morgan fingerprint density at radius 1 is 1.48 bits per heavy atom. The smallest absolute Gasteiger partial charge is 0.232 e. The zero-order valence-electron chi connectivity index (χ0n) is 12.1. The van der Waals surface area contributed by atoms with Crippen LogP contribution in [0.1, 0.15) is 18.5 Å². The molecular formula is C16H17N3O2. The number of rotatable bonds is 4. The molecule has 0 bridgehead atoms. The van der Waals surface area contributed by atoms with Gasteiger partial charge in [-0.2, -0.15) is 5.10 Å². The third-order valence-corrected chi connectivity index (χ3v) is 4.67. The number of carbonyl (C=O) groups is 1. The lowest BCUT2D eigenvalue weighted by molar-refractivity contribution is -0.119. The third-order valence-electron chi connectivity index (χ3n) is 4.67. The lowest BCUT2D eigenvalue weighted by Gasteiger charge is -2.09. The minimum Gasteiger partial charge on any atom is -0.497 e. The van der Waals surface area contributed by atoms with Crippen molar-refractivity contribution >= 4 is 11.7 Å². The highest BCUT2D eigenvalue weighted by molar-refractivity contribution is 6.02. The van der Waals surface area contributed by atoms with Crippen LogP contribution in [0.15, 0.2) is 24.3 Å². The van der Waals surface area contributed by atoms with Gasteiger partial charge in [-0.25, -0.2) is 0 Å². The molecule has 2 saturated carbocycles. The molecule has 4 rings (SSSR count). The summed E-state index contributed by atoms with van der Waals surface area (Å²) in [6, 6.07) is 7.77. The number of nitrogens with one attached hydrogen (secondary N) is 2. The topological polar surface area (TPSA) is 67.0 Å². The highest BCUT2D eigenvalue weighted by Gasteiger charge is 2.74. The van der Waals surface area contributed by atoms with E-state index in [4.69, 9.17) is 4.74 Å². The van der Waals surface area contributed by atoms with Crippen molar-refractivity contribution < 1.29 is 9.53 Å². The maximum atomic E-state index is 12.3. The van der Waals surface area contributed by atoms with E-state index in [-0.39, 0.29) is 11.3 Å². The molecule has 1 heterocycles. The monoisotopic (exact) mass is 283 g/mol. The molecule has 2 fully saturated rings. The normalized spacial score (nSPS) is 25.1.